The summed E-state index contributed by atoms with van der Waals surface area (Å²) in [6.07, 6.45) is -0.849. The molecule has 1 atom stereocenters. The Hall–Kier alpha value is -2.01. The zero-order valence-electron chi connectivity index (χ0n) is 16.3. The molecule has 0 spiro atoms. The third-order valence-corrected chi connectivity index (χ3v) is 6.45. The number of hydrogen-bond acceptors (Lipinski definition) is 6. The van der Waals surface area contributed by atoms with Gasteiger partial charge in [0.25, 0.3) is 0 Å². The first kappa shape index (κ1) is 22.3. The standard InChI is InChI=1S/C18H28N4O5S/c1-3-21(4-2)11-10-19-17(23)18(24)20-14-16-22(12-13-27-16)28(25,26)15-8-6-5-7-9-15/h5-9,16H,3-4,10-14H2,1-2H3,(H,19,23)(H,20,24). The number of benzene rings is 1. The highest BCUT2D eigenvalue weighted by Crippen LogP contribution is 2.21. The molecule has 1 fully saturated rings. The maximum absolute atomic E-state index is 12.7. The number of carbonyl (C=O) groups is 2. The van der Waals surface area contributed by atoms with Crippen molar-refractivity contribution in [1.29, 1.82) is 0 Å². The van der Waals surface area contributed by atoms with Gasteiger partial charge in [0.05, 0.1) is 18.0 Å². The van der Waals surface area contributed by atoms with Crippen LogP contribution < -0.4 is 10.6 Å². The molecule has 1 aromatic rings. The quantitative estimate of drug-likeness (QED) is 0.535. The van der Waals surface area contributed by atoms with Gasteiger partial charge in [-0.3, -0.25) is 9.59 Å². The molecule has 0 aromatic heterocycles. The lowest BCUT2D eigenvalue weighted by Gasteiger charge is -2.23. The van der Waals surface area contributed by atoms with E-state index in [9.17, 15) is 18.0 Å². The minimum absolute atomic E-state index is 0.103. The van der Waals surface area contributed by atoms with Crippen molar-refractivity contribution in [3.05, 3.63) is 30.3 Å². The van der Waals surface area contributed by atoms with Crippen molar-refractivity contribution in [2.24, 2.45) is 0 Å². The smallest absolute Gasteiger partial charge is 0.309 e. The number of ether oxygens (including phenoxy) is 1. The Morgan fingerprint density at radius 1 is 1.14 bits per heavy atom. The predicted octanol–water partition coefficient (Wildman–Crippen LogP) is -0.392. The first-order valence-corrected chi connectivity index (χ1v) is 10.8. The molecule has 10 heteroatoms. The first-order valence-electron chi connectivity index (χ1n) is 9.37. The van der Waals surface area contributed by atoms with Crippen molar-refractivity contribution < 1.29 is 22.7 Å². The predicted molar refractivity (Wildman–Crippen MR) is 104 cm³/mol. The van der Waals surface area contributed by atoms with Crippen molar-refractivity contribution in [3.63, 3.8) is 0 Å². The van der Waals surface area contributed by atoms with Crippen LogP contribution in [-0.2, 0) is 24.3 Å². The molecule has 0 saturated carbocycles. The van der Waals surface area contributed by atoms with Crippen LogP contribution in [0.4, 0.5) is 0 Å². The Labute approximate surface area is 166 Å². The Bertz CT molecular complexity index is 752. The second kappa shape index (κ2) is 10.5. The molecule has 156 valence electrons. The number of hydrogen-bond donors (Lipinski definition) is 2. The third-order valence-electron chi connectivity index (χ3n) is 4.54. The fourth-order valence-corrected chi connectivity index (χ4v) is 4.41. The van der Waals surface area contributed by atoms with Gasteiger partial charge < -0.3 is 20.3 Å². The Morgan fingerprint density at radius 2 is 1.79 bits per heavy atom. The van der Waals surface area contributed by atoms with Crippen LogP contribution in [0.5, 0.6) is 0 Å². The van der Waals surface area contributed by atoms with Gasteiger partial charge in [-0.15, -0.1) is 0 Å². The molecule has 1 saturated heterocycles. The zero-order chi connectivity index (χ0) is 20.6. The minimum Gasteiger partial charge on any atom is -0.359 e. The number of carbonyl (C=O) groups excluding carboxylic acids is 2. The van der Waals surface area contributed by atoms with Crippen molar-refractivity contribution >= 4 is 21.8 Å². The van der Waals surface area contributed by atoms with E-state index in [0.29, 0.717) is 13.1 Å². The van der Waals surface area contributed by atoms with Gasteiger partial charge in [-0.2, -0.15) is 4.31 Å². The Balaban J connectivity index is 1.86. The number of nitrogens with one attached hydrogen (secondary N) is 2. The lowest BCUT2D eigenvalue weighted by atomic mass is 10.4. The maximum Gasteiger partial charge on any atom is 0.309 e. The number of sulfonamides is 1. The number of rotatable bonds is 9. The fourth-order valence-electron chi connectivity index (χ4n) is 2.88. The second-order valence-corrected chi connectivity index (χ2v) is 8.14. The van der Waals surface area contributed by atoms with E-state index in [1.54, 1.807) is 18.2 Å². The van der Waals surface area contributed by atoms with Gasteiger partial charge >= 0.3 is 11.8 Å². The SMILES string of the molecule is CCN(CC)CCNC(=O)C(=O)NCC1OCCN1S(=O)(=O)c1ccccc1. The van der Waals surface area contributed by atoms with E-state index in [0.717, 1.165) is 13.1 Å². The molecule has 1 aliphatic heterocycles. The number of nitrogens with zero attached hydrogens (tertiary/aromatic N) is 2. The van der Waals surface area contributed by atoms with E-state index in [1.807, 2.05) is 13.8 Å². The van der Waals surface area contributed by atoms with E-state index >= 15 is 0 Å². The lowest BCUT2D eigenvalue weighted by Crippen LogP contribution is -2.48. The summed E-state index contributed by atoms with van der Waals surface area (Å²) in [4.78, 5) is 26.2. The second-order valence-electron chi connectivity index (χ2n) is 6.25. The van der Waals surface area contributed by atoms with Gasteiger partial charge in [-0.05, 0) is 25.2 Å². The highest BCUT2D eigenvalue weighted by Gasteiger charge is 2.36. The summed E-state index contributed by atoms with van der Waals surface area (Å²) in [6, 6.07) is 8.03. The topological polar surface area (TPSA) is 108 Å². The number of likely N-dealkylation sites (N-methyl/N-ethyl adjacent to an activating group) is 1. The van der Waals surface area contributed by atoms with E-state index in [-0.39, 0.29) is 24.6 Å². The monoisotopic (exact) mass is 412 g/mol. The molecule has 0 bridgehead atoms. The van der Waals surface area contributed by atoms with Crippen LogP contribution in [0.3, 0.4) is 0 Å². The van der Waals surface area contributed by atoms with Crippen molar-refractivity contribution in [2.45, 2.75) is 25.0 Å². The Morgan fingerprint density at radius 3 is 2.43 bits per heavy atom. The number of amides is 2. The van der Waals surface area contributed by atoms with E-state index < -0.39 is 28.1 Å². The molecule has 2 rings (SSSR count). The van der Waals surface area contributed by atoms with Gasteiger partial charge in [0, 0.05) is 19.6 Å². The van der Waals surface area contributed by atoms with Gasteiger partial charge in [0.1, 0.15) is 6.23 Å². The molecular weight excluding hydrogens is 384 g/mol. The summed E-state index contributed by atoms with van der Waals surface area (Å²) in [6.45, 7) is 7.10. The van der Waals surface area contributed by atoms with Crippen LogP contribution in [0.1, 0.15) is 13.8 Å². The van der Waals surface area contributed by atoms with Crippen molar-refractivity contribution in [3.8, 4) is 0 Å². The van der Waals surface area contributed by atoms with E-state index in [4.69, 9.17) is 4.74 Å². The summed E-state index contributed by atoms with van der Waals surface area (Å²) in [5.74, 6) is -1.56. The van der Waals surface area contributed by atoms with Crippen molar-refractivity contribution in [2.75, 3.05) is 45.9 Å². The first-order chi connectivity index (χ1) is 13.4. The molecule has 2 N–H and O–H groups in total. The maximum atomic E-state index is 12.7. The molecular formula is C18H28N4O5S. The van der Waals surface area contributed by atoms with Crippen LogP contribution in [0.25, 0.3) is 0 Å². The summed E-state index contributed by atoms with van der Waals surface area (Å²) in [5.41, 5.74) is 0. The average Bonchev–Trinajstić information content (AvgIpc) is 3.19. The van der Waals surface area contributed by atoms with Crippen LogP contribution in [0.15, 0.2) is 35.2 Å². The van der Waals surface area contributed by atoms with Gasteiger partial charge in [0.15, 0.2) is 0 Å². The summed E-state index contributed by atoms with van der Waals surface area (Å²) >= 11 is 0. The van der Waals surface area contributed by atoms with Gasteiger partial charge in [-0.25, -0.2) is 8.42 Å². The highest BCUT2D eigenvalue weighted by molar-refractivity contribution is 7.89. The summed E-state index contributed by atoms with van der Waals surface area (Å²) < 4.78 is 32.1. The van der Waals surface area contributed by atoms with E-state index in [2.05, 4.69) is 15.5 Å². The van der Waals surface area contributed by atoms with Crippen LogP contribution in [0.2, 0.25) is 0 Å². The molecule has 0 aliphatic carbocycles. The summed E-state index contributed by atoms with van der Waals surface area (Å²) in [7, 11) is -3.73. The normalized spacial score (nSPS) is 17.6. The zero-order valence-corrected chi connectivity index (χ0v) is 17.1. The minimum atomic E-state index is -3.73. The molecule has 1 heterocycles. The van der Waals surface area contributed by atoms with Crippen molar-refractivity contribution in [1.82, 2.24) is 19.8 Å². The highest BCUT2D eigenvalue weighted by atomic mass is 32.2. The molecule has 1 unspecified atom stereocenters. The van der Waals surface area contributed by atoms with E-state index in [1.165, 1.54) is 16.4 Å². The molecule has 2 amide bonds. The summed E-state index contributed by atoms with van der Waals surface area (Å²) in [5, 5.41) is 5.01. The molecule has 1 aliphatic rings. The molecule has 9 nitrogen and oxygen atoms in total. The average molecular weight is 413 g/mol. The Kier molecular flexibility index (Phi) is 8.36. The van der Waals surface area contributed by atoms with Gasteiger partial charge in [-0.1, -0.05) is 32.0 Å². The van der Waals surface area contributed by atoms with Crippen LogP contribution in [-0.4, -0.2) is 81.5 Å². The van der Waals surface area contributed by atoms with Crippen LogP contribution >= 0.6 is 0 Å². The largest absolute Gasteiger partial charge is 0.359 e. The molecule has 28 heavy (non-hydrogen) atoms. The fraction of sp³-hybridized carbons (Fsp3) is 0.556. The molecule has 0 radical (unpaired) electrons. The molecule has 1 aromatic carbocycles. The van der Waals surface area contributed by atoms with Gasteiger partial charge in [0.2, 0.25) is 10.0 Å². The third kappa shape index (κ3) is 5.74. The van der Waals surface area contributed by atoms with Crippen LogP contribution in [0, 0.1) is 0 Å². The lowest BCUT2D eigenvalue weighted by molar-refractivity contribution is -0.139.